The Kier molecular flexibility index (Phi) is 7.22. The fourth-order valence-electron chi connectivity index (χ4n) is 3.40. The van der Waals surface area contributed by atoms with Crippen LogP contribution in [-0.2, 0) is 16.0 Å². The highest BCUT2D eigenvalue weighted by molar-refractivity contribution is 8.27. The number of hydrogen-bond acceptors (Lipinski definition) is 5. The Bertz CT molecular complexity index is 1220. The van der Waals surface area contributed by atoms with Gasteiger partial charge in [-0.3, -0.25) is 14.5 Å². The first-order chi connectivity index (χ1) is 16.0. The molecule has 0 aromatic heterocycles. The number of thiocarbonyl (C=S) groups is 1. The first kappa shape index (κ1) is 22.8. The van der Waals surface area contributed by atoms with Gasteiger partial charge in [-0.05, 0) is 54.0 Å². The van der Waals surface area contributed by atoms with Crippen molar-refractivity contribution < 1.29 is 14.3 Å². The summed E-state index contributed by atoms with van der Waals surface area (Å²) >= 11 is 6.68. The molecule has 0 unspecified atom stereocenters. The largest absolute Gasteiger partial charge is 0.484 e. The van der Waals surface area contributed by atoms with Crippen LogP contribution >= 0.6 is 24.0 Å². The average molecular weight is 475 g/mol. The van der Waals surface area contributed by atoms with Gasteiger partial charge in [0.15, 0.2) is 10.9 Å². The van der Waals surface area contributed by atoms with Crippen molar-refractivity contribution in [3.8, 4) is 5.75 Å². The summed E-state index contributed by atoms with van der Waals surface area (Å²) in [5.41, 5.74) is 3.40. The van der Waals surface area contributed by atoms with Crippen LogP contribution in [0.15, 0.2) is 83.8 Å². The van der Waals surface area contributed by atoms with Gasteiger partial charge < -0.3 is 10.1 Å². The lowest BCUT2D eigenvalue weighted by Crippen LogP contribution is -2.27. The van der Waals surface area contributed by atoms with Crippen molar-refractivity contribution in [3.05, 3.63) is 94.9 Å². The Morgan fingerprint density at radius 1 is 1.06 bits per heavy atom. The predicted octanol–water partition coefficient (Wildman–Crippen LogP) is 5.67. The molecule has 166 valence electrons. The maximum absolute atomic E-state index is 12.9. The maximum Gasteiger partial charge on any atom is 0.270 e. The van der Waals surface area contributed by atoms with Gasteiger partial charge in [0, 0.05) is 5.69 Å². The van der Waals surface area contributed by atoms with Crippen molar-refractivity contribution in [1.29, 1.82) is 0 Å². The van der Waals surface area contributed by atoms with E-state index in [1.54, 1.807) is 18.2 Å². The number of rotatable bonds is 7. The van der Waals surface area contributed by atoms with Gasteiger partial charge in [0.1, 0.15) is 5.75 Å². The second kappa shape index (κ2) is 10.5. The van der Waals surface area contributed by atoms with E-state index in [-0.39, 0.29) is 18.4 Å². The first-order valence-corrected chi connectivity index (χ1v) is 11.7. The lowest BCUT2D eigenvalue weighted by molar-refractivity contribution is -0.118. The SMILES string of the molecule is CCc1ccccc1NC(=O)COc1cccc(/C=C2\SC(=S)N(c3ccccc3)C2=O)c1. The number of ether oxygens (including phenoxy) is 1. The lowest BCUT2D eigenvalue weighted by atomic mass is 10.1. The van der Waals surface area contributed by atoms with Crippen molar-refractivity contribution in [2.45, 2.75) is 13.3 Å². The minimum atomic E-state index is -0.231. The van der Waals surface area contributed by atoms with Gasteiger partial charge in [0.05, 0.1) is 10.6 Å². The summed E-state index contributed by atoms with van der Waals surface area (Å²) in [6.07, 6.45) is 2.61. The summed E-state index contributed by atoms with van der Waals surface area (Å²) in [7, 11) is 0. The molecule has 1 aliphatic rings. The molecule has 1 aliphatic heterocycles. The van der Waals surface area contributed by atoms with Gasteiger partial charge in [-0.2, -0.15) is 0 Å². The molecule has 0 saturated carbocycles. The molecule has 0 radical (unpaired) electrons. The first-order valence-electron chi connectivity index (χ1n) is 10.5. The van der Waals surface area contributed by atoms with Crippen LogP contribution in [0.25, 0.3) is 6.08 Å². The lowest BCUT2D eigenvalue weighted by Gasteiger charge is -2.13. The zero-order chi connectivity index (χ0) is 23.2. The van der Waals surface area contributed by atoms with E-state index < -0.39 is 0 Å². The zero-order valence-corrected chi connectivity index (χ0v) is 19.6. The second-order valence-corrected chi connectivity index (χ2v) is 8.95. The van der Waals surface area contributed by atoms with E-state index in [0.29, 0.717) is 15.0 Å². The van der Waals surface area contributed by atoms with E-state index in [1.165, 1.54) is 16.7 Å². The standard InChI is InChI=1S/C26H22N2O3S2/c1-2-19-10-6-7-14-22(19)27-24(29)17-31-21-13-8-9-18(15-21)16-23-25(30)28(26(32)33-23)20-11-4-3-5-12-20/h3-16H,2,17H2,1H3,(H,27,29)/b23-16-. The van der Waals surface area contributed by atoms with Crippen molar-refractivity contribution in [2.24, 2.45) is 0 Å². The minimum Gasteiger partial charge on any atom is -0.484 e. The van der Waals surface area contributed by atoms with Crippen molar-refractivity contribution in [2.75, 3.05) is 16.8 Å². The van der Waals surface area contributed by atoms with Gasteiger partial charge in [0.2, 0.25) is 0 Å². The van der Waals surface area contributed by atoms with Crippen LogP contribution in [0.4, 0.5) is 11.4 Å². The number of thioether (sulfide) groups is 1. The monoisotopic (exact) mass is 474 g/mol. The summed E-state index contributed by atoms with van der Waals surface area (Å²) in [4.78, 5) is 27.3. The molecular weight excluding hydrogens is 452 g/mol. The Morgan fingerprint density at radius 2 is 1.82 bits per heavy atom. The minimum absolute atomic E-state index is 0.113. The number of anilines is 2. The molecule has 1 heterocycles. The highest BCUT2D eigenvalue weighted by atomic mass is 32.2. The molecule has 0 spiro atoms. The Balaban J connectivity index is 1.42. The summed E-state index contributed by atoms with van der Waals surface area (Å²) in [6.45, 7) is 1.93. The van der Waals surface area contributed by atoms with E-state index in [1.807, 2.05) is 73.7 Å². The number of hydrogen-bond donors (Lipinski definition) is 1. The molecule has 1 N–H and O–H groups in total. The molecule has 0 aliphatic carbocycles. The molecule has 0 bridgehead atoms. The molecule has 7 heteroatoms. The van der Waals surface area contributed by atoms with Crippen LogP contribution in [0.1, 0.15) is 18.1 Å². The smallest absolute Gasteiger partial charge is 0.270 e. The van der Waals surface area contributed by atoms with Gasteiger partial charge in [-0.25, -0.2) is 0 Å². The Labute approximate surface area is 202 Å². The fraction of sp³-hybridized carbons (Fsp3) is 0.115. The van der Waals surface area contributed by atoms with E-state index in [4.69, 9.17) is 17.0 Å². The van der Waals surface area contributed by atoms with Crippen molar-refractivity contribution in [1.82, 2.24) is 0 Å². The highest BCUT2D eigenvalue weighted by Gasteiger charge is 2.33. The summed E-state index contributed by atoms with van der Waals surface area (Å²) in [6, 6.07) is 24.3. The number of nitrogens with zero attached hydrogens (tertiary/aromatic N) is 1. The third-order valence-corrected chi connectivity index (χ3v) is 6.31. The zero-order valence-electron chi connectivity index (χ0n) is 18.0. The van der Waals surface area contributed by atoms with E-state index in [0.717, 1.165) is 28.9 Å². The Hall–Kier alpha value is -3.42. The number of para-hydroxylation sites is 2. The number of benzene rings is 3. The molecule has 1 saturated heterocycles. The van der Waals surface area contributed by atoms with E-state index in [2.05, 4.69) is 5.32 Å². The van der Waals surface area contributed by atoms with Crippen LogP contribution in [0.5, 0.6) is 5.75 Å². The fourth-order valence-corrected chi connectivity index (χ4v) is 4.70. The van der Waals surface area contributed by atoms with Crippen LogP contribution in [0, 0.1) is 0 Å². The predicted molar refractivity (Wildman–Crippen MR) is 138 cm³/mol. The highest BCUT2D eigenvalue weighted by Crippen LogP contribution is 2.36. The molecule has 0 atom stereocenters. The average Bonchev–Trinajstić information content (AvgIpc) is 3.11. The van der Waals surface area contributed by atoms with Gasteiger partial charge in [0.25, 0.3) is 11.8 Å². The molecule has 5 nitrogen and oxygen atoms in total. The van der Waals surface area contributed by atoms with Crippen LogP contribution < -0.4 is 15.0 Å². The van der Waals surface area contributed by atoms with Gasteiger partial charge >= 0.3 is 0 Å². The summed E-state index contributed by atoms with van der Waals surface area (Å²) in [5.74, 6) is 0.155. The number of aryl methyl sites for hydroxylation is 1. The van der Waals surface area contributed by atoms with Gasteiger partial charge in [-0.1, -0.05) is 79.4 Å². The van der Waals surface area contributed by atoms with Crippen LogP contribution in [-0.4, -0.2) is 22.7 Å². The third kappa shape index (κ3) is 5.50. The quantitative estimate of drug-likeness (QED) is 0.353. The van der Waals surface area contributed by atoms with Gasteiger partial charge in [-0.15, -0.1) is 0 Å². The van der Waals surface area contributed by atoms with E-state index >= 15 is 0 Å². The molecule has 3 aromatic carbocycles. The number of amides is 2. The maximum atomic E-state index is 12.9. The third-order valence-electron chi connectivity index (χ3n) is 5.01. The topological polar surface area (TPSA) is 58.6 Å². The molecule has 33 heavy (non-hydrogen) atoms. The molecule has 4 rings (SSSR count). The van der Waals surface area contributed by atoms with Crippen molar-refractivity contribution >= 4 is 57.6 Å². The molecule has 1 fully saturated rings. The van der Waals surface area contributed by atoms with E-state index in [9.17, 15) is 9.59 Å². The molecular formula is C26H22N2O3S2. The van der Waals surface area contributed by atoms with Crippen LogP contribution in [0.2, 0.25) is 0 Å². The number of nitrogens with one attached hydrogen (secondary N) is 1. The molecule has 3 aromatic rings. The Morgan fingerprint density at radius 3 is 2.61 bits per heavy atom. The summed E-state index contributed by atoms with van der Waals surface area (Å²) in [5, 5.41) is 2.89. The number of carbonyl (C=O) groups excluding carboxylic acids is 2. The second-order valence-electron chi connectivity index (χ2n) is 7.27. The summed E-state index contributed by atoms with van der Waals surface area (Å²) < 4.78 is 6.18. The number of carbonyl (C=O) groups is 2. The van der Waals surface area contributed by atoms with Crippen LogP contribution in [0.3, 0.4) is 0 Å². The molecule has 2 amide bonds. The van der Waals surface area contributed by atoms with Crippen molar-refractivity contribution in [3.63, 3.8) is 0 Å². The normalized spacial score (nSPS) is 14.6.